The van der Waals surface area contributed by atoms with Gasteiger partial charge in [0.05, 0.1) is 7.11 Å². The quantitative estimate of drug-likeness (QED) is 0.826. The Labute approximate surface area is 150 Å². The van der Waals surface area contributed by atoms with Crippen molar-refractivity contribution in [2.24, 2.45) is 11.8 Å². The van der Waals surface area contributed by atoms with Crippen LogP contribution >= 0.6 is 0 Å². The number of aryl methyl sites for hydroxylation is 1. The van der Waals surface area contributed by atoms with E-state index in [-0.39, 0.29) is 17.7 Å². The average molecular weight is 346 g/mol. The molecule has 1 saturated heterocycles. The van der Waals surface area contributed by atoms with Gasteiger partial charge in [-0.15, -0.1) is 0 Å². The van der Waals surface area contributed by atoms with Crippen LogP contribution in [0, 0.1) is 11.8 Å². The van der Waals surface area contributed by atoms with Crippen LogP contribution in [0.3, 0.4) is 0 Å². The zero-order valence-electron chi connectivity index (χ0n) is 15.6. The normalized spacial score (nSPS) is 17.4. The summed E-state index contributed by atoms with van der Waals surface area (Å²) in [5, 5.41) is 2.99. The van der Waals surface area contributed by atoms with Crippen molar-refractivity contribution in [2.45, 2.75) is 39.5 Å². The molecule has 2 rings (SSSR count). The molecular formula is C20H30N2O3. The van der Waals surface area contributed by atoms with E-state index in [4.69, 9.17) is 4.74 Å². The lowest BCUT2D eigenvalue weighted by Gasteiger charge is -2.33. The van der Waals surface area contributed by atoms with Gasteiger partial charge in [-0.05, 0) is 42.9 Å². The van der Waals surface area contributed by atoms with Crippen LogP contribution in [0.25, 0.3) is 0 Å². The number of methoxy groups -OCH3 is 1. The molecule has 1 N–H and O–H groups in total. The molecule has 138 valence electrons. The Bertz CT molecular complexity index is 569. The monoisotopic (exact) mass is 346 g/mol. The number of hydrogen-bond acceptors (Lipinski definition) is 3. The number of likely N-dealkylation sites (tertiary alicyclic amines) is 1. The standard InChI is InChI=1S/C20H30N2O3/c1-15(2)20(24)21-13-17-5-4-12-22(14-17)19(23)11-8-16-6-9-18(25-3)10-7-16/h6-7,9-10,15,17H,4-5,8,11-14H2,1-3H3,(H,21,24). The van der Waals surface area contributed by atoms with Gasteiger partial charge in [0.15, 0.2) is 0 Å². The maximum atomic E-state index is 12.5. The number of nitrogens with zero attached hydrogens (tertiary/aromatic N) is 1. The van der Waals surface area contributed by atoms with Crippen LogP contribution in [-0.4, -0.2) is 43.5 Å². The van der Waals surface area contributed by atoms with Crippen molar-refractivity contribution in [3.05, 3.63) is 29.8 Å². The Morgan fingerprint density at radius 3 is 2.64 bits per heavy atom. The lowest BCUT2D eigenvalue weighted by Crippen LogP contribution is -2.44. The molecule has 2 amide bonds. The predicted molar refractivity (Wildman–Crippen MR) is 98.5 cm³/mol. The van der Waals surface area contributed by atoms with Crippen LogP contribution in [0.5, 0.6) is 5.75 Å². The number of carbonyl (C=O) groups is 2. The lowest BCUT2D eigenvalue weighted by atomic mass is 9.97. The molecule has 0 spiro atoms. The number of benzene rings is 1. The Balaban J connectivity index is 1.77. The lowest BCUT2D eigenvalue weighted by molar-refractivity contribution is -0.133. The van der Waals surface area contributed by atoms with Crippen molar-refractivity contribution in [2.75, 3.05) is 26.7 Å². The molecular weight excluding hydrogens is 316 g/mol. The van der Waals surface area contributed by atoms with E-state index in [0.29, 0.717) is 18.9 Å². The predicted octanol–water partition coefficient (Wildman–Crippen LogP) is 2.64. The van der Waals surface area contributed by atoms with Crippen molar-refractivity contribution in [3.63, 3.8) is 0 Å². The van der Waals surface area contributed by atoms with Crippen LogP contribution in [0.1, 0.15) is 38.7 Å². The van der Waals surface area contributed by atoms with E-state index in [9.17, 15) is 9.59 Å². The van der Waals surface area contributed by atoms with E-state index < -0.39 is 0 Å². The van der Waals surface area contributed by atoms with Crippen molar-refractivity contribution in [3.8, 4) is 5.75 Å². The van der Waals surface area contributed by atoms with Crippen molar-refractivity contribution >= 4 is 11.8 Å². The molecule has 1 heterocycles. The molecule has 0 radical (unpaired) electrons. The molecule has 5 heteroatoms. The number of ether oxygens (including phenoxy) is 1. The molecule has 0 saturated carbocycles. The summed E-state index contributed by atoms with van der Waals surface area (Å²) in [7, 11) is 1.65. The van der Waals surface area contributed by atoms with Gasteiger partial charge in [0.1, 0.15) is 5.75 Å². The summed E-state index contributed by atoms with van der Waals surface area (Å²) >= 11 is 0. The first kappa shape index (κ1) is 19.3. The largest absolute Gasteiger partial charge is 0.497 e. The van der Waals surface area contributed by atoms with Gasteiger partial charge < -0.3 is 15.0 Å². The highest BCUT2D eigenvalue weighted by Gasteiger charge is 2.24. The molecule has 1 unspecified atom stereocenters. The van der Waals surface area contributed by atoms with Crippen LogP contribution in [-0.2, 0) is 16.0 Å². The summed E-state index contributed by atoms with van der Waals surface area (Å²) in [4.78, 5) is 26.2. The number of nitrogens with one attached hydrogen (secondary N) is 1. The van der Waals surface area contributed by atoms with E-state index in [1.165, 1.54) is 0 Å². The maximum absolute atomic E-state index is 12.5. The van der Waals surface area contributed by atoms with Crippen LogP contribution < -0.4 is 10.1 Å². The van der Waals surface area contributed by atoms with E-state index in [1.807, 2.05) is 43.0 Å². The molecule has 1 aliphatic heterocycles. The first-order valence-corrected chi connectivity index (χ1v) is 9.18. The average Bonchev–Trinajstić information content (AvgIpc) is 2.64. The fraction of sp³-hybridized carbons (Fsp3) is 0.600. The Hall–Kier alpha value is -2.04. The second-order valence-electron chi connectivity index (χ2n) is 7.10. The van der Waals surface area contributed by atoms with Gasteiger partial charge in [0, 0.05) is 32.0 Å². The number of piperidine rings is 1. The highest BCUT2D eigenvalue weighted by atomic mass is 16.5. The van der Waals surface area contributed by atoms with E-state index >= 15 is 0 Å². The second kappa shape index (κ2) is 9.44. The number of rotatable bonds is 7. The molecule has 5 nitrogen and oxygen atoms in total. The summed E-state index contributed by atoms with van der Waals surface area (Å²) in [6.07, 6.45) is 3.35. The third-order valence-electron chi connectivity index (χ3n) is 4.75. The smallest absolute Gasteiger partial charge is 0.222 e. The number of hydrogen-bond donors (Lipinski definition) is 1. The van der Waals surface area contributed by atoms with Crippen molar-refractivity contribution < 1.29 is 14.3 Å². The van der Waals surface area contributed by atoms with E-state index in [1.54, 1.807) is 7.11 Å². The van der Waals surface area contributed by atoms with Gasteiger partial charge in [0.2, 0.25) is 11.8 Å². The Morgan fingerprint density at radius 2 is 2.00 bits per heavy atom. The zero-order valence-corrected chi connectivity index (χ0v) is 15.6. The summed E-state index contributed by atoms with van der Waals surface area (Å²) in [6.45, 7) is 6.03. The number of carbonyl (C=O) groups excluding carboxylic acids is 2. The van der Waals surface area contributed by atoms with Gasteiger partial charge >= 0.3 is 0 Å². The molecule has 1 aromatic rings. The topological polar surface area (TPSA) is 58.6 Å². The molecule has 1 atom stereocenters. The van der Waals surface area contributed by atoms with Crippen LogP contribution in [0.4, 0.5) is 0 Å². The van der Waals surface area contributed by atoms with Gasteiger partial charge in [-0.25, -0.2) is 0 Å². The van der Waals surface area contributed by atoms with Gasteiger partial charge in [-0.3, -0.25) is 9.59 Å². The van der Waals surface area contributed by atoms with Gasteiger partial charge in [-0.2, -0.15) is 0 Å². The van der Waals surface area contributed by atoms with Gasteiger partial charge in [0.25, 0.3) is 0 Å². The highest BCUT2D eigenvalue weighted by molar-refractivity contribution is 5.78. The van der Waals surface area contributed by atoms with Crippen LogP contribution in [0.15, 0.2) is 24.3 Å². The maximum Gasteiger partial charge on any atom is 0.222 e. The third kappa shape index (κ3) is 6.07. The first-order chi connectivity index (χ1) is 12.0. The highest BCUT2D eigenvalue weighted by Crippen LogP contribution is 2.18. The van der Waals surface area contributed by atoms with Crippen LogP contribution in [0.2, 0.25) is 0 Å². The van der Waals surface area contributed by atoms with Gasteiger partial charge in [-0.1, -0.05) is 26.0 Å². The van der Waals surface area contributed by atoms with Crippen molar-refractivity contribution in [1.29, 1.82) is 0 Å². The minimum Gasteiger partial charge on any atom is -0.497 e. The van der Waals surface area contributed by atoms with Crippen molar-refractivity contribution in [1.82, 2.24) is 10.2 Å². The Morgan fingerprint density at radius 1 is 1.28 bits per heavy atom. The molecule has 0 bridgehead atoms. The fourth-order valence-corrected chi connectivity index (χ4v) is 3.11. The summed E-state index contributed by atoms with van der Waals surface area (Å²) < 4.78 is 5.15. The first-order valence-electron chi connectivity index (χ1n) is 9.18. The number of amides is 2. The molecule has 1 aromatic carbocycles. The summed E-state index contributed by atoms with van der Waals surface area (Å²) in [6, 6.07) is 7.86. The summed E-state index contributed by atoms with van der Waals surface area (Å²) in [5.74, 6) is 1.49. The third-order valence-corrected chi connectivity index (χ3v) is 4.75. The zero-order chi connectivity index (χ0) is 18.2. The SMILES string of the molecule is COc1ccc(CCC(=O)N2CCCC(CNC(=O)C(C)C)C2)cc1. The molecule has 1 aliphatic rings. The minimum atomic E-state index is 0.00539. The van der Waals surface area contributed by atoms with E-state index in [2.05, 4.69) is 5.32 Å². The molecule has 0 aromatic heterocycles. The fourth-order valence-electron chi connectivity index (χ4n) is 3.11. The Kier molecular flexibility index (Phi) is 7.29. The second-order valence-corrected chi connectivity index (χ2v) is 7.10. The van der Waals surface area contributed by atoms with E-state index in [0.717, 1.165) is 43.7 Å². The molecule has 1 fully saturated rings. The summed E-state index contributed by atoms with van der Waals surface area (Å²) in [5.41, 5.74) is 1.15. The molecule has 25 heavy (non-hydrogen) atoms. The molecule has 0 aliphatic carbocycles. The minimum absolute atomic E-state index is 0.00539.